The third-order valence-corrected chi connectivity index (χ3v) is 3.91. The third kappa shape index (κ3) is 2.38. The van der Waals surface area contributed by atoms with E-state index in [9.17, 15) is 9.18 Å². The van der Waals surface area contributed by atoms with Crippen molar-refractivity contribution in [1.29, 1.82) is 0 Å². The maximum absolute atomic E-state index is 13.7. The molecule has 0 fully saturated rings. The Bertz CT molecular complexity index is 739. The van der Waals surface area contributed by atoms with Crippen LogP contribution in [0.1, 0.15) is 35.0 Å². The van der Waals surface area contributed by atoms with Gasteiger partial charge in [0.2, 0.25) is 5.78 Å². The Kier molecular flexibility index (Phi) is 3.59. The first-order valence-electron chi connectivity index (χ1n) is 6.69. The molecule has 1 aromatic carbocycles. The minimum Gasteiger partial charge on any atom is -0.290 e. The average Bonchev–Trinajstić information content (AvgIpc) is 2.80. The van der Waals surface area contributed by atoms with Gasteiger partial charge in [-0.25, -0.2) is 9.07 Å². The van der Waals surface area contributed by atoms with Crippen LogP contribution in [-0.2, 0) is 6.54 Å². The molecule has 0 bridgehead atoms. The minimum atomic E-state index is -0.398. The first-order chi connectivity index (χ1) is 10.1. The number of hydrogen-bond acceptors (Lipinski definition) is 3. The summed E-state index contributed by atoms with van der Waals surface area (Å²) >= 11 is 6.24. The summed E-state index contributed by atoms with van der Waals surface area (Å²) in [5.41, 5.74) is 1.30. The second-order valence-electron chi connectivity index (χ2n) is 4.87. The first kappa shape index (κ1) is 13.9. The Morgan fingerprint density at radius 3 is 2.86 bits per heavy atom. The number of halogens is 2. The van der Waals surface area contributed by atoms with Gasteiger partial charge in [0.05, 0.1) is 12.1 Å². The van der Waals surface area contributed by atoms with Gasteiger partial charge in [0.25, 0.3) is 0 Å². The standard InChI is InChI=1S/C15H13ClFN3O/c1-2-12-14(21)13-10(7-18-12)15(16)20(19-13)8-9-5-3-4-6-11(9)17/h3-7,12H,2,8H2,1H3. The van der Waals surface area contributed by atoms with Crippen LogP contribution in [0.3, 0.4) is 0 Å². The van der Waals surface area contributed by atoms with Crippen LogP contribution >= 0.6 is 11.6 Å². The van der Waals surface area contributed by atoms with Crippen LogP contribution in [-0.4, -0.2) is 27.8 Å². The normalized spacial score (nSPS) is 17.1. The SMILES string of the molecule is CCC1N=Cc2c(nn(Cc3ccccc3F)c2Cl)C1=O. The van der Waals surface area contributed by atoms with Crippen LogP contribution in [0, 0.1) is 5.82 Å². The van der Waals surface area contributed by atoms with E-state index < -0.39 is 6.04 Å². The van der Waals surface area contributed by atoms with Crippen LogP contribution in [0.5, 0.6) is 0 Å². The van der Waals surface area contributed by atoms with E-state index in [2.05, 4.69) is 10.1 Å². The molecule has 1 atom stereocenters. The fraction of sp³-hybridized carbons (Fsp3) is 0.267. The molecule has 0 saturated heterocycles. The summed E-state index contributed by atoms with van der Waals surface area (Å²) in [5, 5.41) is 4.55. The van der Waals surface area contributed by atoms with E-state index in [4.69, 9.17) is 11.6 Å². The summed E-state index contributed by atoms with van der Waals surface area (Å²) in [5.74, 6) is -0.461. The zero-order chi connectivity index (χ0) is 15.0. The van der Waals surface area contributed by atoms with Crippen molar-refractivity contribution in [3.63, 3.8) is 0 Å². The monoisotopic (exact) mass is 305 g/mol. The van der Waals surface area contributed by atoms with Gasteiger partial charge in [-0.3, -0.25) is 9.79 Å². The lowest BCUT2D eigenvalue weighted by Gasteiger charge is -2.11. The van der Waals surface area contributed by atoms with Gasteiger partial charge in [-0.15, -0.1) is 0 Å². The maximum Gasteiger partial charge on any atom is 0.208 e. The van der Waals surface area contributed by atoms with Gasteiger partial charge in [-0.1, -0.05) is 36.7 Å². The Morgan fingerprint density at radius 2 is 2.14 bits per heavy atom. The van der Waals surface area contributed by atoms with Gasteiger partial charge in [-0.2, -0.15) is 5.10 Å². The molecular weight excluding hydrogens is 293 g/mol. The number of rotatable bonds is 3. The second-order valence-corrected chi connectivity index (χ2v) is 5.23. The molecule has 4 nitrogen and oxygen atoms in total. The highest BCUT2D eigenvalue weighted by Gasteiger charge is 2.29. The molecule has 1 aromatic heterocycles. The fourth-order valence-corrected chi connectivity index (χ4v) is 2.56. The van der Waals surface area contributed by atoms with Gasteiger partial charge < -0.3 is 0 Å². The molecule has 0 aliphatic carbocycles. The third-order valence-electron chi connectivity index (χ3n) is 3.51. The molecule has 1 aliphatic heterocycles. The van der Waals surface area contributed by atoms with Crippen molar-refractivity contribution in [1.82, 2.24) is 9.78 Å². The van der Waals surface area contributed by atoms with Gasteiger partial charge in [0.1, 0.15) is 22.7 Å². The average molecular weight is 306 g/mol. The summed E-state index contributed by atoms with van der Waals surface area (Å²) in [6.07, 6.45) is 2.20. The Morgan fingerprint density at radius 1 is 1.38 bits per heavy atom. The molecular formula is C15H13ClFN3O. The molecule has 0 saturated carbocycles. The van der Waals surface area contributed by atoms with Crippen LogP contribution < -0.4 is 0 Å². The molecule has 6 heteroatoms. The highest BCUT2D eigenvalue weighted by Crippen LogP contribution is 2.25. The van der Waals surface area contributed by atoms with Crippen LogP contribution in [0.4, 0.5) is 4.39 Å². The molecule has 3 rings (SSSR count). The summed E-state index contributed by atoms with van der Waals surface area (Å²) in [7, 11) is 0. The molecule has 0 spiro atoms. The van der Waals surface area contributed by atoms with Crippen molar-refractivity contribution in [2.45, 2.75) is 25.9 Å². The maximum atomic E-state index is 13.7. The Labute approximate surface area is 126 Å². The van der Waals surface area contributed by atoms with Crippen LogP contribution in [0.2, 0.25) is 5.15 Å². The molecule has 1 unspecified atom stereocenters. The quantitative estimate of drug-likeness (QED) is 0.874. The first-order valence-corrected chi connectivity index (χ1v) is 7.06. The number of carbonyl (C=O) groups is 1. The van der Waals surface area contributed by atoms with Crippen molar-refractivity contribution >= 4 is 23.6 Å². The number of carbonyl (C=O) groups excluding carboxylic acids is 1. The number of fused-ring (bicyclic) bond motifs is 1. The largest absolute Gasteiger partial charge is 0.290 e. The van der Waals surface area contributed by atoms with E-state index in [1.807, 2.05) is 6.92 Å². The summed E-state index contributed by atoms with van der Waals surface area (Å²) in [6, 6.07) is 6.01. The van der Waals surface area contributed by atoms with Crippen LogP contribution in [0.25, 0.3) is 0 Å². The van der Waals surface area contributed by atoms with E-state index in [0.29, 0.717) is 28.4 Å². The van der Waals surface area contributed by atoms with Gasteiger partial charge in [0, 0.05) is 11.8 Å². The van der Waals surface area contributed by atoms with Crippen LogP contribution in [0.15, 0.2) is 29.3 Å². The van der Waals surface area contributed by atoms with Gasteiger partial charge >= 0.3 is 0 Å². The number of ketones is 1. The number of Topliss-reactive ketones (excluding diaryl/α,β-unsaturated/α-hetero) is 1. The van der Waals surface area contributed by atoms with Crippen molar-refractivity contribution in [2.75, 3.05) is 0 Å². The van der Waals surface area contributed by atoms with Crippen molar-refractivity contribution < 1.29 is 9.18 Å². The number of aromatic nitrogens is 2. The van der Waals surface area contributed by atoms with Gasteiger partial charge in [0.15, 0.2) is 0 Å². The topological polar surface area (TPSA) is 47.2 Å². The molecule has 2 heterocycles. The fourth-order valence-electron chi connectivity index (χ4n) is 2.33. The molecule has 1 aliphatic rings. The number of nitrogens with zero attached hydrogens (tertiary/aromatic N) is 3. The summed E-state index contributed by atoms with van der Waals surface area (Å²) < 4.78 is 15.1. The minimum absolute atomic E-state index is 0.135. The van der Waals surface area contributed by atoms with Crippen molar-refractivity contribution in [2.24, 2.45) is 4.99 Å². The van der Waals surface area contributed by atoms with E-state index >= 15 is 0 Å². The van der Waals surface area contributed by atoms with E-state index in [-0.39, 0.29) is 18.1 Å². The predicted molar refractivity (Wildman–Crippen MR) is 78.7 cm³/mol. The molecule has 21 heavy (non-hydrogen) atoms. The molecule has 2 aromatic rings. The zero-order valence-electron chi connectivity index (χ0n) is 11.4. The highest BCUT2D eigenvalue weighted by molar-refractivity contribution is 6.33. The predicted octanol–water partition coefficient (Wildman–Crippen LogP) is 3.12. The number of benzene rings is 1. The lowest BCUT2D eigenvalue weighted by Crippen LogP contribution is -2.23. The number of aliphatic imine (C=N–C) groups is 1. The summed E-state index contributed by atoms with van der Waals surface area (Å²) in [4.78, 5) is 16.4. The lowest BCUT2D eigenvalue weighted by atomic mass is 10.0. The highest BCUT2D eigenvalue weighted by atomic mass is 35.5. The van der Waals surface area contributed by atoms with E-state index in [0.717, 1.165) is 0 Å². The summed E-state index contributed by atoms with van der Waals surface area (Å²) in [6.45, 7) is 2.07. The molecule has 0 radical (unpaired) electrons. The van der Waals surface area contributed by atoms with E-state index in [1.165, 1.54) is 10.7 Å². The van der Waals surface area contributed by atoms with Crippen molar-refractivity contribution in [3.05, 3.63) is 52.1 Å². The Hall–Kier alpha value is -2.01. The smallest absolute Gasteiger partial charge is 0.208 e. The zero-order valence-corrected chi connectivity index (χ0v) is 12.1. The lowest BCUT2D eigenvalue weighted by molar-refractivity contribution is 0.0953. The number of hydrogen-bond donors (Lipinski definition) is 0. The molecule has 108 valence electrons. The van der Waals surface area contributed by atoms with Gasteiger partial charge in [-0.05, 0) is 12.5 Å². The molecule has 0 N–H and O–H groups in total. The second kappa shape index (κ2) is 5.41. The van der Waals surface area contributed by atoms with Crippen molar-refractivity contribution in [3.8, 4) is 0 Å². The Balaban J connectivity index is 1.99. The molecule has 0 amide bonds. The van der Waals surface area contributed by atoms with E-state index in [1.54, 1.807) is 24.4 Å².